The molecular weight excluding hydrogens is 396 g/mol. The molecule has 0 saturated heterocycles. The largest absolute Gasteiger partial charge is 0.457 e. The summed E-state index contributed by atoms with van der Waals surface area (Å²) < 4.78 is 21.9. The SMILES string of the molecule is CCC1=C(CCCCCCCCCCCC2=CC(=O)OC(C)(C)O2)C(=O)OC(C)(C)O1. The van der Waals surface area contributed by atoms with Gasteiger partial charge >= 0.3 is 11.9 Å². The summed E-state index contributed by atoms with van der Waals surface area (Å²) in [7, 11) is 0. The second kappa shape index (κ2) is 11.6. The monoisotopic (exact) mass is 436 g/mol. The molecule has 2 rings (SSSR count). The molecule has 0 aromatic rings. The molecule has 2 aliphatic rings. The maximum atomic E-state index is 12.2. The average Bonchev–Trinajstić information content (AvgIpc) is 2.64. The van der Waals surface area contributed by atoms with Crippen LogP contribution in [0.15, 0.2) is 23.2 Å². The minimum Gasteiger partial charge on any atom is -0.457 e. The Hall–Kier alpha value is -1.98. The lowest BCUT2D eigenvalue weighted by Gasteiger charge is -2.33. The third-order valence-corrected chi connectivity index (χ3v) is 5.46. The summed E-state index contributed by atoms with van der Waals surface area (Å²) in [5.41, 5.74) is 0.718. The molecule has 0 aromatic heterocycles. The highest BCUT2D eigenvalue weighted by molar-refractivity contribution is 5.89. The van der Waals surface area contributed by atoms with Crippen molar-refractivity contribution >= 4 is 11.9 Å². The highest BCUT2D eigenvalue weighted by Crippen LogP contribution is 2.31. The lowest BCUT2D eigenvalue weighted by molar-refractivity contribution is -0.209. The summed E-state index contributed by atoms with van der Waals surface area (Å²) in [4.78, 5) is 23.7. The van der Waals surface area contributed by atoms with Gasteiger partial charge in [0.15, 0.2) is 0 Å². The predicted octanol–water partition coefficient (Wildman–Crippen LogP) is 6.44. The Kier molecular flexibility index (Phi) is 9.45. The van der Waals surface area contributed by atoms with Crippen LogP contribution in [0.25, 0.3) is 0 Å². The van der Waals surface area contributed by atoms with Crippen LogP contribution in [0.5, 0.6) is 0 Å². The summed E-state index contributed by atoms with van der Waals surface area (Å²) >= 11 is 0. The van der Waals surface area contributed by atoms with Crippen LogP contribution in [0.4, 0.5) is 0 Å². The molecule has 0 fully saturated rings. The molecule has 0 radical (unpaired) electrons. The molecule has 6 heteroatoms. The minimum atomic E-state index is -0.852. The molecule has 0 aliphatic carbocycles. The molecule has 31 heavy (non-hydrogen) atoms. The predicted molar refractivity (Wildman–Crippen MR) is 119 cm³/mol. The van der Waals surface area contributed by atoms with E-state index in [1.54, 1.807) is 27.7 Å². The van der Waals surface area contributed by atoms with E-state index in [1.165, 1.54) is 38.2 Å². The van der Waals surface area contributed by atoms with Crippen LogP contribution < -0.4 is 0 Å². The number of hydrogen-bond donors (Lipinski definition) is 0. The zero-order valence-electron chi connectivity index (χ0n) is 20.0. The van der Waals surface area contributed by atoms with Crippen molar-refractivity contribution in [2.24, 2.45) is 0 Å². The Morgan fingerprint density at radius 2 is 1.19 bits per heavy atom. The van der Waals surface area contributed by atoms with Crippen LogP contribution in [-0.2, 0) is 28.5 Å². The summed E-state index contributed by atoms with van der Waals surface area (Å²) in [5, 5.41) is 0. The van der Waals surface area contributed by atoms with Crippen molar-refractivity contribution in [2.75, 3.05) is 0 Å². The van der Waals surface area contributed by atoms with Crippen molar-refractivity contribution < 1.29 is 28.5 Å². The highest BCUT2D eigenvalue weighted by Gasteiger charge is 2.34. The summed E-state index contributed by atoms with van der Waals surface area (Å²) in [6.45, 7) is 9.07. The van der Waals surface area contributed by atoms with Gasteiger partial charge in [-0.05, 0) is 19.3 Å². The van der Waals surface area contributed by atoms with Gasteiger partial charge in [-0.15, -0.1) is 0 Å². The van der Waals surface area contributed by atoms with Gasteiger partial charge in [0.05, 0.1) is 11.6 Å². The fourth-order valence-electron chi connectivity index (χ4n) is 4.04. The Morgan fingerprint density at radius 3 is 1.74 bits per heavy atom. The van der Waals surface area contributed by atoms with Crippen LogP contribution >= 0.6 is 0 Å². The Bertz CT molecular complexity index is 686. The number of ether oxygens (including phenoxy) is 4. The van der Waals surface area contributed by atoms with Crippen LogP contribution in [0.2, 0.25) is 0 Å². The summed E-state index contributed by atoms with van der Waals surface area (Å²) in [5.74, 6) is -0.714. The molecule has 2 aliphatic heterocycles. The van der Waals surface area contributed by atoms with E-state index in [-0.39, 0.29) is 11.9 Å². The number of unbranched alkanes of at least 4 members (excludes halogenated alkanes) is 8. The number of hydrogen-bond acceptors (Lipinski definition) is 6. The third-order valence-electron chi connectivity index (χ3n) is 5.46. The van der Waals surface area contributed by atoms with Gasteiger partial charge in [-0.3, -0.25) is 0 Å². The second-order valence-corrected chi connectivity index (χ2v) is 9.36. The molecule has 0 aromatic carbocycles. The Morgan fingerprint density at radius 1 is 0.677 bits per heavy atom. The van der Waals surface area contributed by atoms with Gasteiger partial charge < -0.3 is 18.9 Å². The lowest BCUT2D eigenvalue weighted by Crippen LogP contribution is -2.36. The van der Waals surface area contributed by atoms with Crippen molar-refractivity contribution in [3.63, 3.8) is 0 Å². The molecule has 0 unspecified atom stereocenters. The van der Waals surface area contributed by atoms with Gasteiger partial charge in [0.25, 0.3) is 0 Å². The first-order chi connectivity index (χ1) is 14.6. The van der Waals surface area contributed by atoms with Crippen molar-refractivity contribution in [3.05, 3.63) is 23.2 Å². The van der Waals surface area contributed by atoms with Gasteiger partial charge in [-0.25, -0.2) is 9.59 Å². The Balaban J connectivity index is 1.49. The molecule has 0 amide bonds. The summed E-state index contributed by atoms with van der Waals surface area (Å²) in [6, 6.07) is 0. The number of cyclic esters (lactones) is 2. The van der Waals surface area contributed by atoms with Crippen molar-refractivity contribution in [1.82, 2.24) is 0 Å². The maximum absolute atomic E-state index is 12.2. The molecule has 6 nitrogen and oxygen atoms in total. The first kappa shape index (κ1) is 25.3. The van der Waals surface area contributed by atoms with E-state index in [4.69, 9.17) is 18.9 Å². The third kappa shape index (κ3) is 8.96. The number of allylic oxidation sites excluding steroid dienone is 2. The summed E-state index contributed by atoms with van der Waals surface area (Å²) in [6.07, 6.45) is 14.1. The van der Waals surface area contributed by atoms with Crippen LogP contribution in [0, 0.1) is 0 Å². The second-order valence-electron chi connectivity index (χ2n) is 9.36. The Labute approximate surface area is 187 Å². The van der Waals surface area contributed by atoms with Crippen molar-refractivity contribution in [3.8, 4) is 0 Å². The number of carbonyl (C=O) groups is 2. The van der Waals surface area contributed by atoms with Gasteiger partial charge in [0.1, 0.15) is 11.5 Å². The van der Waals surface area contributed by atoms with E-state index in [0.717, 1.165) is 62.0 Å². The highest BCUT2D eigenvalue weighted by atomic mass is 16.7. The average molecular weight is 437 g/mol. The van der Waals surface area contributed by atoms with Crippen LogP contribution in [0.1, 0.15) is 112 Å². The fraction of sp³-hybridized carbons (Fsp3) is 0.760. The van der Waals surface area contributed by atoms with E-state index >= 15 is 0 Å². The molecule has 0 saturated carbocycles. The zero-order chi connectivity index (χ0) is 22.9. The van der Waals surface area contributed by atoms with Gasteiger partial charge in [0.2, 0.25) is 11.6 Å². The normalized spacial score (nSPS) is 19.8. The van der Waals surface area contributed by atoms with Gasteiger partial charge in [-0.1, -0.05) is 51.9 Å². The number of esters is 2. The molecule has 0 bridgehead atoms. The molecule has 0 spiro atoms. The van der Waals surface area contributed by atoms with Gasteiger partial charge in [0, 0.05) is 40.5 Å². The fourth-order valence-corrected chi connectivity index (χ4v) is 4.04. The van der Waals surface area contributed by atoms with E-state index in [1.807, 2.05) is 6.92 Å². The van der Waals surface area contributed by atoms with Crippen LogP contribution in [-0.4, -0.2) is 23.5 Å². The minimum absolute atomic E-state index is 0.219. The van der Waals surface area contributed by atoms with Crippen molar-refractivity contribution in [2.45, 2.75) is 123 Å². The molecule has 0 atom stereocenters. The van der Waals surface area contributed by atoms with E-state index < -0.39 is 11.6 Å². The quantitative estimate of drug-likeness (QED) is 0.244. The smallest absolute Gasteiger partial charge is 0.340 e. The zero-order valence-corrected chi connectivity index (χ0v) is 20.0. The first-order valence-electron chi connectivity index (χ1n) is 11.9. The van der Waals surface area contributed by atoms with E-state index in [9.17, 15) is 9.59 Å². The first-order valence-corrected chi connectivity index (χ1v) is 11.9. The lowest BCUT2D eigenvalue weighted by atomic mass is 10.0. The van der Waals surface area contributed by atoms with Crippen LogP contribution in [0.3, 0.4) is 0 Å². The molecule has 176 valence electrons. The molecule has 0 N–H and O–H groups in total. The molecule has 2 heterocycles. The standard InChI is InChI=1S/C25H40O6/c1-6-21-20(23(27)31-25(4,5)29-21)17-15-13-11-9-7-8-10-12-14-16-19-18-22(26)30-24(2,3)28-19/h18H,6-17H2,1-5H3. The van der Waals surface area contributed by atoms with E-state index in [2.05, 4.69) is 0 Å². The topological polar surface area (TPSA) is 71.1 Å². The van der Waals surface area contributed by atoms with Gasteiger partial charge in [-0.2, -0.15) is 0 Å². The van der Waals surface area contributed by atoms with Crippen molar-refractivity contribution in [1.29, 1.82) is 0 Å². The number of carbonyl (C=O) groups excluding carboxylic acids is 2. The van der Waals surface area contributed by atoms with E-state index in [0.29, 0.717) is 0 Å². The number of rotatable bonds is 13. The maximum Gasteiger partial charge on any atom is 0.340 e. The molecular formula is C25H40O6.